The second-order valence-electron chi connectivity index (χ2n) is 1.80. The molecule has 5 heteroatoms. The molecule has 0 aromatic rings. The summed E-state index contributed by atoms with van der Waals surface area (Å²) in [6.07, 6.45) is 3.03. The molecule has 0 aromatic heterocycles. The highest BCUT2D eigenvalue weighted by atomic mass is 31.2. The Bertz CT molecular complexity index is 213. The van der Waals surface area contributed by atoms with Gasteiger partial charge in [0.1, 0.15) is 5.76 Å². The van der Waals surface area contributed by atoms with Crippen molar-refractivity contribution in [1.29, 1.82) is 0 Å². The molecule has 0 N–H and O–H groups in total. The van der Waals surface area contributed by atoms with E-state index in [-0.39, 0.29) is 0 Å². The summed E-state index contributed by atoms with van der Waals surface area (Å²) in [5, 5.41) is 0. The summed E-state index contributed by atoms with van der Waals surface area (Å²) in [4.78, 5) is 0. The zero-order chi connectivity index (χ0) is 9.61. The SMILES string of the molecule is C=CC(=CC)OP(=O)(OC)OC. The fourth-order valence-corrected chi connectivity index (χ4v) is 1.22. The van der Waals surface area contributed by atoms with Crippen LogP contribution >= 0.6 is 7.82 Å². The lowest BCUT2D eigenvalue weighted by Gasteiger charge is -2.14. The second-order valence-corrected chi connectivity index (χ2v) is 3.61. The summed E-state index contributed by atoms with van der Waals surface area (Å²) in [5.74, 6) is 0.363. The van der Waals surface area contributed by atoms with Crippen molar-refractivity contribution in [2.75, 3.05) is 14.2 Å². The van der Waals surface area contributed by atoms with E-state index in [1.165, 1.54) is 20.3 Å². The zero-order valence-electron chi connectivity index (χ0n) is 7.44. The topological polar surface area (TPSA) is 44.8 Å². The molecule has 0 aliphatic heterocycles. The van der Waals surface area contributed by atoms with Crippen LogP contribution in [-0.4, -0.2) is 14.2 Å². The van der Waals surface area contributed by atoms with Crippen molar-refractivity contribution in [2.45, 2.75) is 6.92 Å². The molecule has 0 heterocycles. The molecule has 4 nitrogen and oxygen atoms in total. The molecule has 12 heavy (non-hydrogen) atoms. The predicted octanol–water partition coefficient (Wildman–Crippen LogP) is 2.49. The van der Waals surface area contributed by atoms with E-state index in [0.717, 1.165) is 0 Å². The zero-order valence-corrected chi connectivity index (χ0v) is 8.34. The van der Waals surface area contributed by atoms with E-state index < -0.39 is 7.82 Å². The van der Waals surface area contributed by atoms with Gasteiger partial charge >= 0.3 is 7.82 Å². The van der Waals surface area contributed by atoms with Crippen LogP contribution in [0.4, 0.5) is 0 Å². The number of rotatable bonds is 5. The van der Waals surface area contributed by atoms with Gasteiger partial charge in [-0.15, -0.1) is 0 Å². The Labute approximate surface area is 72.4 Å². The van der Waals surface area contributed by atoms with Crippen LogP contribution in [0.1, 0.15) is 6.92 Å². The van der Waals surface area contributed by atoms with Gasteiger partial charge in [-0.3, -0.25) is 9.05 Å². The molecule has 0 aromatic carbocycles. The largest absolute Gasteiger partial charge is 0.529 e. The second kappa shape index (κ2) is 5.14. The van der Waals surface area contributed by atoms with Gasteiger partial charge in [0, 0.05) is 14.2 Å². The molecule has 0 saturated carbocycles. The van der Waals surface area contributed by atoms with Crippen molar-refractivity contribution < 1.29 is 18.1 Å². The standard InChI is InChI=1S/C7H13O4P/c1-5-7(6-2)11-12(8,9-3)10-4/h5-6H,1H2,2-4H3. The smallest absolute Gasteiger partial charge is 0.404 e. The molecular weight excluding hydrogens is 179 g/mol. The molecule has 0 bridgehead atoms. The maximum absolute atomic E-state index is 11.3. The van der Waals surface area contributed by atoms with E-state index >= 15 is 0 Å². The molecule has 0 unspecified atom stereocenters. The molecule has 0 amide bonds. The third-order valence-electron chi connectivity index (χ3n) is 1.15. The number of hydrogen-bond donors (Lipinski definition) is 0. The van der Waals surface area contributed by atoms with Crippen LogP contribution in [-0.2, 0) is 18.1 Å². The first-order valence-corrected chi connectivity index (χ1v) is 4.77. The Morgan fingerprint density at radius 1 is 1.42 bits per heavy atom. The molecule has 0 fully saturated rings. The van der Waals surface area contributed by atoms with Crippen LogP contribution in [0.25, 0.3) is 0 Å². The first-order valence-electron chi connectivity index (χ1n) is 3.31. The monoisotopic (exact) mass is 192 g/mol. The minimum absolute atomic E-state index is 0.363. The normalized spacial score (nSPS) is 12.8. The van der Waals surface area contributed by atoms with Crippen molar-refractivity contribution in [2.24, 2.45) is 0 Å². The van der Waals surface area contributed by atoms with Crippen LogP contribution in [0.5, 0.6) is 0 Å². The number of allylic oxidation sites excluding steroid dienone is 2. The van der Waals surface area contributed by atoms with E-state index in [1.54, 1.807) is 13.0 Å². The van der Waals surface area contributed by atoms with Gasteiger partial charge in [0.05, 0.1) is 0 Å². The summed E-state index contributed by atoms with van der Waals surface area (Å²) in [7, 11) is -0.909. The highest BCUT2D eigenvalue weighted by Gasteiger charge is 2.24. The summed E-state index contributed by atoms with van der Waals surface area (Å²) < 4.78 is 25.3. The molecule has 0 saturated heterocycles. The van der Waals surface area contributed by atoms with E-state index in [0.29, 0.717) is 5.76 Å². The van der Waals surface area contributed by atoms with Crippen LogP contribution in [0.2, 0.25) is 0 Å². The highest BCUT2D eigenvalue weighted by Crippen LogP contribution is 2.49. The van der Waals surface area contributed by atoms with Crippen LogP contribution in [0, 0.1) is 0 Å². The summed E-state index contributed by atoms with van der Waals surface area (Å²) in [6, 6.07) is 0. The Morgan fingerprint density at radius 2 is 1.92 bits per heavy atom. The van der Waals surface area contributed by atoms with Crippen molar-refractivity contribution in [3.05, 3.63) is 24.5 Å². The van der Waals surface area contributed by atoms with Crippen molar-refractivity contribution in [3.8, 4) is 0 Å². The Hall–Kier alpha value is -0.570. The van der Waals surface area contributed by atoms with Gasteiger partial charge in [-0.05, 0) is 19.1 Å². The van der Waals surface area contributed by atoms with Gasteiger partial charge in [0.2, 0.25) is 0 Å². The highest BCUT2D eigenvalue weighted by molar-refractivity contribution is 7.48. The van der Waals surface area contributed by atoms with Gasteiger partial charge in [-0.2, -0.15) is 0 Å². The Balaban J connectivity index is 4.40. The minimum Gasteiger partial charge on any atom is -0.404 e. The Morgan fingerprint density at radius 3 is 2.17 bits per heavy atom. The molecule has 0 radical (unpaired) electrons. The maximum Gasteiger partial charge on any atom is 0.529 e. The van der Waals surface area contributed by atoms with E-state index in [9.17, 15) is 4.57 Å². The number of phosphoric ester groups is 1. The number of phosphoric acid groups is 1. The van der Waals surface area contributed by atoms with Crippen LogP contribution in [0.15, 0.2) is 24.5 Å². The molecular formula is C7H13O4P. The van der Waals surface area contributed by atoms with E-state index in [2.05, 4.69) is 15.6 Å². The first-order chi connectivity index (χ1) is 5.61. The quantitative estimate of drug-likeness (QED) is 0.381. The van der Waals surface area contributed by atoms with Crippen molar-refractivity contribution in [3.63, 3.8) is 0 Å². The molecule has 0 spiro atoms. The molecule has 70 valence electrons. The minimum atomic E-state index is -3.41. The van der Waals surface area contributed by atoms with E-state index in [4.69, 9.17) is 4.52 Å². The lowest BCUT2D eigenvalue weighted by atomic mass is 10.5. The molecule has 0 aliphatic rings. The number of hydrogen-bond acceptors (Lipinski definition) is 4. The predicted molar refractivity (Wildman–Crippen MR) is 46.7 cm³/mol. The fourth-order valence-electron chi connectivity index (χ4n) is 0.486. The van der Waals surface area contributed by atoms with Crippen LogP contribution in [0.3, 0.4) is 0 Å². The lowest BCUT2D eigenvalue weighted by molar-refractivity contribution is 0.186. The van der Waals surface area contributed by atoms with Crippen molar-refractivity contribution in [1.82, 2.24) is 0 Å². The van der Waals surface area contributed by atoms with Crippen molar-refractivity contribution >= 4 is 7.82 Å². The van der Waals surface area contributed by atoms with Gasteiger partial charge in [-0.25, -0.2) is 4.57 Å². The molecule has 0 atom stereocenters. The van der Waals surface area contributed by atoms with Gasteiger partial charge < -0.3 is 4.52 Å². The van der Waals surface area contributed by atoms with Gasteiger partial charge in [0.25, 0.3) is 0 Å². The molecule has 0 rings (SSSR count). The first kappa shape index (κ1) is 11.4. The van der Waals surface area contributed by atoms with Crippen LogP contribution < -0.4 is 0 Å². The summed E-state index contributed by atoms with van der Waals surface area (Å²) >= 11 is 0. The average Bonchev–Trinajstić information content (AvgIpc) is 2.14. The summed E-state index contributed by atoms with van der Waals surface area (Å²) in [5.41, 5.74) is 0. The maximum atomic E-state index is 11.3. The van der Waals surface area contributed by atoms with Gasteiger partial charge in [-0.1, -0.05) is 6.58 Å². The van der Waals surface area contributed by atoms with E-state index in [1.807, 2.05) is 0 Å². The third-order valence-corrected chi connectivity index (χ3v) is 2.48. The average molecular weight is 192 g/mol. The van der Waals surface area contributed by atoms with Gasteiger partial charge in [0.15, 0.2) is 0 Å². The fraction of sp³-hybridized carbons (Fsp3) is 0.429. The summed E-state index contributed by atoms with van der Waals surface area (Å²) in [6.45, 7) is 5.19. The Kier molecular flexibility index (Phi) is 4.90. The lowest BCUT2D eigenvalue weighted by Crippen LogP contribution is -1.93. The molecule has 0 aliphatic carbocycles. The third kappa shape index (κ3) is 3.22.